The van der Waals surface area contributed by atoms with Crippen LogP contribution in [-0.4, -0.2) is 28.8 Å². The summed E-state index contributed by atoms with van der Waals surface area (Å²) in [4.78, 5) is 37.4. The Morgan fingerprint density at radius 1 is 1.28 bits per heavy atom. The molecule has 8 nitrogen and oxygen atoms in total. The minimum Gasteiger partial charge on any atom is -0.467 e. The lowest BCUT2D eigenvalue weighted by Gasteiger charge is -2.36. The summed E-state index contributed by atoms with van der Waals surface area (Å²) in [5.41, 5.74) is 1.97. The molecule has 2 fully saturated rings. The van der Waals surface area contributed by atoms with Crippen LogP contribution in [0.4, 0.5) is 5.82 Å². The van der Waals surface area contributed by atoms with Crippen LogP contribution < -0.4 is 5.32 Å². The highest BCUT2D eigenvalue weighted by Gasteiger charge is 2.41. The number of fused-ring (bicyclic) bond motifs is 2. The standard InChI is InChI=1S/C24H27N3O5/c1-14-15(2)27(12-19-7-4-8-31-19)23(20(14)11-25)26-21(28)13-32-24(30)18-9-16-5-3-6-17(10-18)22(16)29/h4,7-8,16-18H,3,5-6,9-10,12-13H2,1-2H3,(H,26,28)/t16-,17+,18?. The molecule has 2 saturated carbocycles. The van der Waals surface area contributed by atoms with Crippen LogP contribution in [0.5, 0.6) is 0 Å². The number of ether oxygens (including phenoxy) is 1. The van der Waals surface area contributed by atoms with E-state index in [1.807, 2.05) is 19.9 Å². The number of hydrogen-bond acceptors (Lipinski definition) is 6. The number of carbonyl (C=O) groups excluding carboxylic acids is 3. The van der Waals surface area contributed by atoms with Gasteiger partial charge < -0.3 is 19.0 Å². The minimum atomic E-state index is -0.514. The lowest BCUT2D eigenvalue weighted by atomic mass is 9.67. The minimum absolute atomic E-state index is 0.0529. The average molecular weight is 437 g/mol. The number of carbonyl (C=O) groups is 3. The van der Waals surface area contributed by atoms with Crippen molar-refractivity contribution in [3.63, 3.8) is 0 Å². The van der Waals surface area contributed by atoms with Crippen LogP contribution in [0.1, 0.15) is 54.7 Å². The van der Waals surface area contributed by atoms with Crippen LogP contribution in [0.2, 0.25) is 0 Å². The summed E-state index contributed by atoms with van der Waals surface area (Å²) in [5.74, 6) is -0.0538. The molecule has 2 aliphatic rings. The molecule has 2 aromatic heterocycles. The van der Waals surface area contributed by atoms with Gasteiger partial charge in [0.05, 0.1) is 24.3 Å². The van der Waals surface area contributed by atoms with Gasteiger partial charge in [0, 0.05) is 17.5 Å². The van der Waals surface area contributed by atoms with E-state index in [2.05, 4.69) is 11.4 Å². The van der Waals surface area contributed by atoms with Crippen LogP contribution in [0.3, 0.4) is 0 Å². The molecule has 1 N–H and O–H groups in total. The van der Waals surface area contributed by atoms with Crippen LogP contribution in [0.25, 0.3) is 0 Å². The van der Waals surface area contributed by atoms with Gasteiger partial charge >= 0.3 is 5.97 Å². The first-order valence-electron chi connectivity index (χ1n) is 11.0. The van der Waals surface area contributed by atoms with E-state index in [9.17, 15) is 19.6 Å². The Hall–Kier alpha value is -3.34. The number of ketones is 1. The van der Waals surface area contributed by atoms with Gasteiger partial charge in [0.2, 0.25) is 0 Å². The topological polar surface area (TPSA) is 114 Å². The lowest BCUT2D eigenvalue weighted by molar-refractivity contribution is -0.155. The SMILES string of the molecule is Cc1c(C#N)c(NC(=O)COC(=O)C2C[C@H]3CCC[C@@H](C2)C3=O)n(Cc2ccco2)c1C. The molecule has 0 aromatic carbocycles. The quantitative estimate of drug-likeness (QED) is 0.692. The summed E-state index contributed by atoms with van der Waals surface area (Å²) in [7, 11) is 0. The van der Waals surface area contributed by atoms with Crippen molar-refractivity contribution in [2.45, 2.75) is 52.5 Å². The van der Waals surface area contributed by atoms with E-state index >= 15 is 0 Å². The van der Waals surface area contributed by atoms with Gasteiger partial charge in [0.1, 0.15) is 23.4 Å². The van der Waals surface area contributed by atoms with Gasteiger partial charge in [-0.05, 0) is 57.2 Å². The largest absolute Gasteiger partial charge is 0.467 e. The van der Waals surface area contributed by atoms with Gasteiger partial charge in [0.15, 0.2) is 6.61 Å². The van der Waals surface area contributed by atoms with E-state index in [1.54, 1.807) is 16.9 Å². The van der Waals surface area contributed by atoms with Crippen molar-refractivity contribution in [1.82, 2.24) is 4.57 Å². The molecule has 4 rings (SSSR count). The predicted octanol–water partition coefficient (Wildman–Crippen LogP) is 3.50. The van der Waals surface area contributed by atoms with E-state index < -0.39 is 18.5 Å². The van der Waals surface area contributed by atoms with Crippen molar-refractivity contribution < 1.29 is 23.5 Å². The van der Waals surface area contributed by atoms with Crippen LogP contribution in [0.15, 0.2) is 22.8 Å². The maximum absolute atomic E-state index is 12.6. The average Bonchev–Trinajstić information content (AvgIpc) is 3.35. The molecule has 1 amide bonds. The molecule has 0 aliphatic heterocycles. The smallest absolute Gasteiger partial charge is 0.309 e. The number of anilines is 1. The second kappa shape index (κ2) is 9.03. The molecule has 0 spiro atoms. The molecular formula is C24H27N3O5. The molecule has 2 aromatic rings. The first-order valence-corrected chi connectivity index (χ1v) is 11.0. The number of furan rings is 1. The molecule has 0 saturated heterocycles. The first kappa shape index (κ1) is 21.9. The van der Waals surface area contributed by atoms with Crippen molar-refractivity contribution in [1.29, 1.82) is 5.26 Å². The summed E-state index contributed by atoms with van der Waals surface area (Å²) in [6.45, 7) is 3.61. The fourth-order valence-electron chi connectivity index (χ4n) is 4.98. The molecule has 32 heavy (non-hydrogen) atoms. The summed E-state index contributed by atoms with van der Waals surface area (Å²) in [5, 5.41) is 12.4. The van der Waals surface area contributed by atoms with E-state index in [4.69, 9.17) is 9.15 Å². The zero-order chi connectivity index (χ0) is 22.8. The van der Waals surface area contributed by atoms with Gasteiger partial charge in [-0.15, -0.1) is 0 Å². The normalized spacial score (nSPS) is 22.3. The van der Waals surface area contributed by atoms with Gasteiger partial charge in [-0.2, -0.15) is 5.26 Å². The molecule has 8 heteroatoms. The van der Waals surface area contributed by atoms with Crippen LogP contribution >= 0.6 is 0 Å². The fourth-order valence-corrected chi connectivity index (χ4v) is 4.98. The molecule has 168 valence electrons. The summed E-state index contributed by atoms with van der Waals surface area (Å²) in [6.07, 6.45) is 5.29. The number of amides is 1. The number of aromatic nitrogens is 1. The lowest BCUT2D eigenvalue weighted by Crippen LogP contribution is -2.40. The fraction of sp³-hybridized carbons (Fsp3) is 0.500. The third-order valence-corrected chi connectivity index (χ3v) is 6.82. The predicted molar refractivity (Wildman–Crippen MR) is 115 cm³/mol. The van der Waals surface area contributed by atoms with Crippen molar-refractivity contribution in [3.05, 3.63) is 41.0 Å². The monoisotopic (exact) mass is 437 g/mol. The van der Waals surface area contributed by atoms with Gasteiger partial charge in [-0.3, -0.25) is 14.4 Å². The zero-order valence-corrected chi connectivity index (χ0v) is 18.3. The number of nitrogens with one attached hydrogen (secondary N) is 1. The molecule has 3 atom stereocenters. The summed E-state index contributed by atoms with van der Waals surface area (Å²) >= 11 is 0. The Balaban J connectivity index is 1.41. The number of hydrogen-bond donors (Lipinski definition) is 1. The van der Waals surface area contributed by atoms with Crippen molar-refractivity contribution in [3.8, 4) is 6.07 Å². The van der Waals surface area contributed by atoms with Gasteiger partial charge in [0.25, 0.3) is 5.91 Å². The number of rotatable bonds is 6. The van der Waals surface area contributed by atoms with Gasteiger partial charge in [-0.25, -0.2) is 0 Å². The molecular weight excluding hydrogens is 410 g/mol. The maximum atomic E-state index is 12.6. The Kier molecular flexibility index (Phi) is 6.17. The van der Waals surface area contributed by atoms with E-state index in [0.29, 0.717) is 36.5 Å². The number of esters is 1. The molecule has 0 radical (unpaired) electrons. The maximum Gasteiger partial charge on any atom is 0.309 e. The third-order valence-electron chi connectivity index (χ3n) is 6.82. The molecule has 1 unspecified atom stereocenters. The van der Waals surface area contributed by atoms with E-state index in [0.717, 1.165) is 30.5 Å². The van der Waals surface area contributed by atoms with Gasteiger partial charge in [-0.1, -0.05) is 6.42 Å². The highest BCUT2D eigenvalue weighted by atomic mass is 16.5. The molecule has 2 aliphatic carbocycles. The second-order valence-corrected chi connectivity index (χ2v) is 8.76. The van der Waals surface area contributed by atoms with Crippen molar-refractivity contribution >= 4 is 23.5 Å². The van der Waals surface area contributed by atoms with E-state index in [-0.39, 0.29) is 23.5 Å². The van der Waals surface area contributed by atoms with E-state index in [1.165, 1.54) is 0 Å². The highest BCUT2D eigenvalue weighted by Crippen LogP contribution is 2.40. The number of Topliss-reactive ketones (excluding diaryl/α,β-unsaturated/α-hetero) is 1. The first-order chi connectivity index (χ1) is 15.4. The Bertz CT molecular complexity index is 1060. The highest BCUT2D eigenvalue weighted by molar-refractivity contribution is 5.94. The summed E-state index contributed by atoms with van der Waals surface area (Å²) in [6, 6.07) is 5.74. The van der Waals surface area contributed by atoms with Crippen LogP contribution in [-0.2, 0) is 25.7 Å². The Labute approximate surface area is 186 Å². The van der Waals surface area contributed by atoms with Crippen LogP contribution in [0, 0.1) is 42.9 Å². The summed E-state index contributed by atoms with van der Waals surface area (Å²) < 4.78 is 12.5. The van der Waals surface area contributed by atoms with Crippen molar-refractivity contribution in [2.75, 3.05) is 11.9 Å². The Morgan fingerprint density at radius 3 is 2.62 bits per heavy atom. The third kappa shape index (κ3) is 4.20. The Morgan fingerprint density at radius 2 is 2.00 bits per heavy atom. The number of nitriles is 1. The zero-order valence-electron chi connectivity index (χ0n) is 18.3. The molecule has 2 heterocycles. The second-order valence-electron chi connectivity index (χ2n) is 8.76. The molecule has 2 bridgehead atoms. The number of nitrogens with zero attached hydrogens (tertiary/aromatic N) is 2. The van der Waals surface area contributed by atoms with Crippen molar-refractivity contribution in [2.24, 2.45) is 17.8 Å².